The van der Waals surface area contributed by atoms with Gasteiger partial charge in [-0.15, -0.1) is 0 Å². The fourth-order valence-electron chi connectivity index (χ4n) is 1.36. The second-order valence-electron chi connectivity index (χ2n) is 4.14. The van der Waals surface area contributed by atoms with E-state index in [0.717, 1.165) is 12.8 Å². The van der Waals surface area contributed by atoms with Gasteiger partial charge in [0.1, 0.15) is 0 Å². The van der Waals surface area contributed by atoms with Gasteiger partial charge in [0, 0.05) is 32.2 Å². The molecule has 96 valence electrons. The van der Waals surface area contributed by atoms with Crippen molar-refractivity contribution in [3.63, 3.8) is 0 Å². The van der Waals surface area contributed by atoms with E-state index >= 15 is 0 Å². The summed E-state index contributed by atoms with van der Waals surface area (Å²) in [7, 11) is 1.69. The zero-order valence-corrected chi connectivity index (χ0v) is 11.0. The van der Waals surface area contributed by atoms with Crippen LogP contribution in [0.25, 0.3) is 0 Å². The van der Waals surface area contributed by atoms with E-state index in [1.807, 2.05) is 6.92 Å². The molecule has 0 spiro atoms. The minimum atomic E-state index is 0.120. The zero-order valence-electron chi connectivity index (χ0n) is 11.0. The lowest BCUT2D eigenvalue weighted by Crippen LogP contribution is -2.37. The summed E-state index contributed by atoms with van der Waals surface area (Å²) in [6.07, 6.45) is 2.52. The summed E-state index contributed by atoms with van der Waals surface area (Å²) in [5, 5.41) is 6.25. The fraction of sp³-hybridized carbons (Fsp3) is 0.917. The molecule has 0 aromatic rings. The summed E-state index contributed by atoms with van der Waals surface area (Å²) < 4.78 is 5.07. The second-order valence-corrected chi connectivity index (χ2v) is 4.14. The lowest BCUT2D eigenvalue weighted by molar-refractivity contribution is -0.121. The molecule has 0 aromatic carbocycles. The standard InChI is InChI=1S/C12H26N2O2/c1-5-10(3)14-12(15)7-8-13-11(6-2)9-16-4/h10-11,13H,5-9H2,1-4H3,(H,14,15). The highest BCUT2D eigenvalue weighted by Crippen LogP contribution is 1.93. The van der Waals surface area contributed by atoms with Crippen LogP contribution in [0.15, 0.2) is 0 Å². The van der Waals surface area contributed by atoms with Crippen LogP contribution in [0.1, 0.15) is 40.0 Å². The summed E-state index contributed by atoms with van der Waals surface area (Å²) in [5.41, 5.74) is 0. The summed E-state index contributed by atoms with van der Waals surface area (Å²) in [6.45, 7) is 7.60. The molecule has 0 aromatic heterocycles. The highest BCUT2D eigenvalue weighted by Gasteiger charge is 2.07. The predicted molar refractivity (Wildman–Crippen MR) is 66.5 cm³/mol. The van der Waals surface area contributed by atoms with Gasteiger partial charge in [-0.05, 0) is 19.8 Å². The third kappa shape index (κ3) is 7.65. The Morgan fingerprint density at radius 1 is 1.31 bits per heavy atom. The van der Waals surface area contributed by atoms with Crippen LogP contribution in [-0.2, 0) is 9.53 Å². The highest BCUT2D eigenvalue weighted by molar-refractivity contribution is 5.76. The van der Waals surface area contributed by atoms with Gasteiger partial charge in [0.15, 0.2) is 0 Å². The summed E-state index contributed by atoms with van der Waals surface area (Å²) in [4.78, 5) is 11.5. The van der Waals surface area contributed by atoms with Crippen LogP contribution in [0.3, 0.4) is 0 Å². The molecule has 4 heteroatoms. The number of carbonyl (C=O) groups is 1. The number of rotatable bonds is 9. The third-order valence-electron chi connectivity index (χ3n) is 2.67. The lowest BCUT2D eigenvalue weighted by atomic mass is 10.2. The van der Waals surface area contributed by atoms with E-state index in [1.54, 1.807) is 7.11 Å². The molecule has 0 saturated heterocycles. The average Bonchev–Trinajstić information content (AvgIpc) is 2.27. The first-order chi connectivity index (χ1) is 7.63. The molecule has 1 amide bonds. The largest absolute Gasteiger partial charge is 0.383 e. The van der Waals surface area contributed by atoms with Gasteiger partial charge >= 0.3 is 0 Å². The van der Waals surface area contributed by atoms with Gasteiger partial charge in [-0.25, -0.2) is 0 Å². The van der Waals surface area contributed by atoms with E-state index in [9.17, 15) is 4.79 Å². The van der Waals surface area contributed by atoms with Gasteiger partial charge in [-0.2, -0.15) is 0 Å². The number of amides is 1. The van der Waals surface area contributed by atoms with Gasteiger partial charge in [-0.3, -0.25) is 4.79 Å². The molecule has 0 radical (unpaired) electrons. The van der Waals surface area contributed by atoms with E-state index in [1.165, 1.54) is 0 Å². The number of hydrogen-bond acceptors (Lipinski definition) is 3. The first kappa shape index (κ1) is 15.4. The van der Waals surface area contributed by atoms with E-state index < -0.39 is 0 Å². The Bertz CT molecular complexity index is 186. The van der Waals surface area contributed by atoms with Crippen molar-refractivity contribution in [2.24, 2.45) is 0 Å². The Hall–Kier alpha value is -0.610. The van der Waals surface area contributed by atoms with Gasteiger partial charge in [0.05, 0.1) is 6.61 Å². The summed E-state index contributed by atoms with van der Waals surface area (Å²) in [6, 6.07) is 0.620. The topological polar surface area (TPSA) is 50.4 Å². The van der Waals surface area contributed by atoms with Crippen LogP contribution in [0.2, 0.25) is 0 Å². The van der Waals surface area contributed by atoms with E-state index in [-0.39, 0.29) is 11.9 Å². The minimum absolute atomic E-state index is 0.120. The summed E-state index contributed by atoms with van der Waals surface area (Å²) >= 11 is 0. The molecule has 0 aliphatic carbocycles. The average molecular weight is 230 g/mol. The maximum Gasteiger partial charge on any atom is 0.221 e. The number of methoxy groups -OCH3 is 1. The molecule has 16 heavy (non-hydrogen) atoms. The van der Waals surface area contributed by atoms with Crippen molar-refractivity contribution in [2.45, 2.75) is 52.1 Å². The first-order valence-electron chi connectivity index (χ1n) is 6.15. The second kappa shape index (κ2) is 9.60. The summed E-state index contributed by atoms with van der Waals surface area (Å²) in [5.74, 6) is 0.120. The number of carbonyl (C=O) groups excluding carboxylic acids is 1. The van der Waals surface area contributed by atoms with Gasteiger partial charge in [0.2, 0.25) is 5.91 Å². The van der Waals surface area contributed by atoms with Crippen molar-refractivity contribution in [2.75, 3.05) is 20.3 Å². The molecule has 4 nitrogen and oxygen atoms in total. The molecule has 2 unspecified atom stereocenters. The molecule has 0 rings (SSSR count). The lowest BCUT2D eigenvalue weighted by Gasteiger charge is -2.16. The molecule has 2 N–H and O–H groups in total. The van der Waals surface area contributed by atoms with Crippen LogP contribution in [0.5, 0.6) is 0 Å². The van der Waals surface area contributed by atoms with Gasteiger partial charge in [-0.1, -0.05) is 13.8 Å². The molecule has 0 saturated carbocycles. The molecule has 0 fully saturated rings. The van der Waals surface area contributed by atoms with Crippen LogP contribution < -0.4 is 10.6 Å². The monoisotopic (exact) mass is 230 g/mol. The first-order valence-corrected chi connectivity index (χ1v) is 6.15. The van der Waals surface area contributed by atoms with E-state index in [4.69, 9.17) is 4.74 Å². The maximum absolute atomic E-state index is 11.5. The number of ether oxygens (including phenoxy) is 1. The van der Waals surface area contributed by atoms with Crippen molar-refractivity contribution in [3.05, 3.63) is 0 Å². The Kier molecular flexibility index (Phi) is 9.24. The zero-order chi connectivity index (χ0) is 12.4. The van der Waals surface area contributed by atoms with Gasteiger partial charge < -0.3 is 15.4 Å². The van der Waals surface area contributed by atoms with Crippen LogP contribution >= 0.6 is 0 Å². The third-order valence-corrected chi connectivity index (χ3v) is 2.67. The Morgan fingerprint density at radius 2 is 2.00 bits per heavy atom. The maximum atomic E-state index is 11.5. The molecular formula is C12H26N2O2. The molecular weight excluding hydrogens is 204 g/mol. The van der Waals surface area contributed by atoms with Crippen molar-refractivity contribution >= 4 is 5.91 Å². The smallest absolute Gasteiger partial charge is 0.221 e. The Morgan fingerprint density at radius 3 is 2.50 bits per heavy atom. The van der Waals surface area contributed by atoms with Crippen molar-refractivity contribution in [3.8, 4) is 0 Å². The minimum Gasteiger partial charge on any atom is -0.383 e. The molecule has 0 bridgehead atoms. The normalized spacial score (nSPS) is 14.5. The fourth-order valence-corrected chi connectivity index (χ4v) is 1.36. The van der Waals surface area contributed by atoms with E-state index in [0.29, 0.717) is 25.6 Å². The van der Waals surface area contributed by atoms with Crippen molar-refractivity contribution < 1.29 is 9.53 Å². The highest BCUT2D eigenvalue weighted by atomic mass is 16.5. The van der Waals surface area contributed by atoms with Crippen LogP contribution in [-0.4, -0.2) is 38.3 Å². The Balaban J connectivity index is 3.59. The van der Waals surface area contributed by atoms with Gasteiger partial charge in [0.25, 0.3) is 0 Å². The molecule has 0 aliphatic rings. The van der Waals surface area contributed by atoms with Crippen LogP contribution in [0, 0.1) is 0 Å². The van der Waals surface area contributed by atoms with Crippen molar-refractivity contribution in [1.82, 2.24) is 10.6 Å². The Labute approximate surface area is 99.1 Å². The SMILES string of the molecule is CCC(C)NC(=O)CCNC(CC)COC. The predicted octanol–water partition coefficient (Wildman–Crippen LogP) is 1.31. The molecule has 0 heterocycles. The van der Waals surface area contributed by atoms with Crippen molar-refractivity contribution in [1.29, 1.82) is 0 Å². The quantitative estimate of drug-likeness (QED) is 0.628. The molecule has 0 aliphatic heterocycles. The molecule has 2 atom stereocenters. The number of nitrogens with one attached hydrogen (secondary N) is 2. The van der Waals surface area contributed by atoms with E-state index in [2.05, 4.69) is 24.5 Å². The number of hydrogen-bond donors (Lipinski definition) is 2. The van der Waals surface area contributed by atoms with Crippen LogP contribution in [0.4, 0.5) is 0 Å².